The lowest BCUT2D eigenvalue weighted by Gasteiger charge is -2.33. The number of nitrogens with zero attached hydrogens (tertiary/aromatic N) is 3. The second kappa shape index (κ2) is 8.22. The van der Waals surface area contributed by atoms with E-state index in [0.29, 0.717) is 10.6 Å². The molecule has 2 aromatic rings. The lowest BCUT2D eigenvalue weighted by Crippen LogP contribution is -2.44. The molecule has 0 unspecified atom stereocenters. The Hall–Kier alpha value is -2.25. The summed E-state index contributed by atoms with van der Waals surface area (Å²) in [5, 5.41) is 4.66. The largest absolute Gasteiger partial charge is 0.354 e. The molecule has 3 rings (SSSR count). The van der Waals surface area contributed by atoms with Crippen LogP contribution in [0.5, 0.6) is 0 Å². The number of rotatable bonds is 6. The highest BCUT2D eigenvalue weighted by Crippen LogP contribution is 2.17. The highest BCUT2D eigenvalue weighted by Gasteiger charge is 2.15. The average molecular weight is 358 g/mol. The zero-order chi connectivity index (χ0) is 17.6. The van der Waals surface area contributed by atoms with Crippen molar-refractivity contribution in [3.8, 4) is 0 Å². The molecule has 0 saturated carbocycles. The number of thiophene rings is 1. The van der Waals surface area contributed by atoms with Gasteiger partial charge in [-0.1, -0.05) is 6.07 Å². The van der Waals surface area contributed by atoms with Gasteiger partial charge in [-0.25, -0.2) is 4.98 Å². The highest BCUT2D eigenvalue weighted by molar-refractivity contribution is 7.12. The van der Waals surface area contributed by atoms with Crippen LogP contribution in [0, 0.1) is 0 Å². The molecule has 25 heavy (non-hydrogen) atoms. The molecule has 132 valence electrons. The highest BCUT2D eigenvalue weighted by atomic mass is 32.1. The number of amides is 1. The smallest absolute Gasteiger partial charge is 0.224 e. The van der Waals surface area contributed by atoms with Gasteiger partial charge in [0.05, 0.1) is 16.8 Å². The molecule has 0 aliphatic carbocycles. The zero-order valence-electron chi connectivity index (χ0n) is 14.3. The van der Waals surface area contributed by atoms with Crippen molar-refractivity contribution in [2.24, 2.45) is 0 Å². The topological polar surface area (TPSA) is 65.5 Å². The quantitative estimate of drug-likeness (QED) is 0.804. The summed E-state index contributed by atoms with van der Waals surface area (Å²) >= 11 is 1.40. The molecule has 1 fully saturated rings. The first-order chi connectivity index (χ1) is 12.1. The van der Waals surface area contributed by atoms with Crippen molar-refractivity contribution in [2.75, 3.05) is 43.4 Å². The fraction of sp³-hybridized carbons (Fsp3) is 0.389. The number of aromatic nitrogens is 1. The minimum Gasteiger partial charge on any atom is -0.354 e. The van der Waals surface area contributed by atoms with Gasteiger partial charge < -0.3 is 15.1 Å². The van der Waals surface area contributed by atoms with Gasteiger partial charge in [0, 0.05) is 39.0 Å². The number of ketones is 1. The van der Waals surface area contributed by atoms with E-state index in [4.69, 9.17) is 0 Å². The summed E-state index contributed by atoms with van der Waals surface area (Å²) in [4.78, 5) is 33.6. The molecule has 1 amide bonds. The molecule has 3 heterocycles. The number of likely N-dealkylation sites (N-methyl/N-ethyl adjacent to an activating group) is 1. The van der Waals surface area contributed by atoms with Crippen molar-refractivity contribution in [3.63, 3.8) is 0 Å². The Labute approximate surface area is 151 Å². The summed E-state index contributed by atoms with van der Waals surface area (Å²) in [6.45, 7) is 3.97. The Bertz CT molecular complexity index is 707. The van der Waals surface area contributed by atoms with E-state index in [9.17, 15) is 9.59 Å². The van der Waals surface area contributed by atoms with Crippen LogP contribution >= 0.6 is 11.3 Å². The van der Waals surface area contributed by atoms with Crippen molar-refractivity contribution < 1.29 is 9.59 Å². The normalized spacial score (nSPS) is 15.2. The molecule has 1 aliphatic heterocycles. The van der Waals surface area contributed by atoms with Gasteiger partial charge in [0.15, 0.2) is 5.78 Å². The SMILES string of the molecule is CN1CCN(c2ccc(NC(=O)CCC(=O)c3cccs3)cn2)CC1. The third kappa shape index (κ3) is 4.87. The number of piperazine rings is 1. The van der Waals surface area contributed by atoms with Crippen molar-refractivity contribution in [2.45, 2.75) is 12.8 Å². The average Bonchev–Trinajstić information content (AvgIpc) is 3.16. The van der Waals surface area contributed by atoms with Gasteiger partial charge >= 0.3 is 0 Å². The summed E-state index contributed by atoms with van der Waals surface area (Å²) in [7, 11) is 2.12. The molecule has 2 aromatic heterocycles. The summed E-state index contributed by atoms with van der Waals surface area (Å²) in [6, 6.07) is 7.41. The van der Waals surface area contributed by atoms with Gasteiger partial charge in [-0.05, 0) is 30.6 Å². The summed E-state index contributed by atoms with van der Waals surface area (Å²) in [5.41, 5.74) is 0.659. The van der Waals surface area contributed by atoms with Crippen LogP contribution in [0.2, 0.25) is 0 Å². The lowest BCUT2D eigenvalue weighted by atomic mass is 10.2. The maximum Gasteiger partial charge on any atom is 0.224 e. The Morgan fingerprint density at radius 2 is 1.96 bits per heavy atom. The van der Waals surface area contributed by atoms with Crippen molar-refractivity contribution in [1.82, 2.24) is 9.88 Å². The van der Waals surface area contributed by atoms with Gasteiger partial charge in [-0.3, -0.25) is 9.59 Å². The maximum absolute atomic E-state index is 12.0. The van der Waals surface area contributed by atoms with Gasteiger partial charge in [-0.15, -0.1) is 11.3 Å². The fourth-order valence-electron chi connectivity index (χ4n) is 2.69. The predicted octanol–water partition coefficient (Wildman–Crippen LogP) is 2.50. The van der Waals surface area contributed by atoms with Crippen LogP contribution in [0.25, 0.3) is 0 Å². The maximum atomic E-state index is 12.0. The summed E-state index contributed by atoms with van der Waals surface area (Å²) in [5.74, 6) is 0.770. The number of carbonyl (C=O) groups is 2. The van der Waals surface area contributed by atoms with Crippen LogP contribution in [0.1, 0.15) is 22.5 Å². The van der Waals surface area contributed by atoms with Crippen LogP contribution in [-0.2, 0) is 4.79 Å². The molecular formula is C18H22N4O2S. The van der Waals surface area contributed by atoms with Crippen molar-refractivity contribution >= 4 is 34.5 Å². The summed E-state index contributed by atoms with van der Waals surface area (Å²) in [6.07, 6.45) is 2.07. The second-order valence-corrected chi connectivity index (χ2v) is 7.09. The number of hydrogen-bond acceptors (Lipinski definition) is 6. The van der Waals surface area contributed by atoms with E-state index in [0.717, 1.165) is 32.0 Å². The number of nitrogens with one attached hydrogen (secondary N) is 1. The third-order valence-electron chi connectivity index (χ3n) is 4.23. The fourth-order valence-corrected chi connectivity index (χ4v) is 3.39. The zero-order valence-corrected chi connectivity index (χ0v) is 15.1. The third-order valence-corrected chi connectivity index (χ3v) is 5.14. The van der Waals surface area contributed by atoms with Crippen molar-refractivity contribution in [1.29, 1.82) is 0 Å². The number of anilines is 2. The lowest BCUT2D eigenvalue weighted by molar-refractivity contribution is -0.116. The van der Waals surface area contributed by atoms with E-state index in [1.54, 1.807) is 12.3 Å². The van der Waals surface area contributed by atoms with E-state index in [1.165, 1.54) is 11.3 Å². The Kier molecular flexibility index (Phi) is 5.78. The standard InChI is InChI=1S/C18H22N4O2S/c1-21-8-10-22(11-9-21)17-6-4-14(13-19-17)20-18(24)7-5-15(23)16-3-2-12-25-16/h2-4,6,12-13H,5,7-11H2,1H3,(H,20,24). The van der Waals surface area contributed by atoms with E-state index < -0.39 is 0 Å². The monoisotopic (exact) mass is 358 g/mol. The van der Waals surface area contributed by atoms with Crippen LogP contribution in [0.4, 0.5) is 11.5 Å². The van der Waals surface area contributed by atoms with Gasteiger partial charge in [-0.2, -0.15) is 0 Å². The van der Waals surface area contributed by atoms with Crippen LogP contribution < -0.4 is 10.2 Å². The Morgan fingerprint density at radius 3 is 2.60 bits per heavy atom. The number of carbonyl (C=O) groups excluding carboxylic acids is 2. The van der Waals surface area contributed by atoms with Gasteiger partial charge in [0.2, 0.25) is 5.91 Å². The van der Waals surface area contributed by atoms with Crippen molar-refractivity contribution in [3.05, 3.63) is 40.7 Å². The first-order valence-corrected chi connectivity index (χ1v) is 9.26. The molecule has 0 spiro atoms. The molecule has 1 saturated heterocycles. The Morgan fingerprint density at radius 1 is 1.16 bits per heavy atom. The van der Waals surface area contributed by atoms with E-state index in [-0.39, 0.29) is 24.5 Å². The number of pyridine rings is 1. The minimum atomic E-state index is -0.168. The molecule has 1 aliphatic rings. The molecular weight excluding hydrogens is 336 g/mol. The van der Waals surface area contributed by atoms with Gasteiger partial charge in [0.1, 0.15) is 5.82 Å². The molecule has 0 bridgehead atoms. The second-order valence-electron chi connectivity index (χ2n) is 6.14. The minimum absolute atomic E-state index is 0.00805. The molecule has 0 atom stereocenters. The first-order valence-electron chi connectivity index (χ1n) is 8.38. The first kappa shape index (κ1) is 17.6. The molecule has 1 N–H and O–H groups in total. The van der Waals surface area contributed by atoms with E-state index >= 15 is 0 Å². The van der Waals surface area contributed by atoms with Crippen LogP contribution in [-0.4, -0.2) is 54.8 Å². The van der Waals surface area contributed by atoms with Crippen LogP contribution in [0.3, 0.4) is 0 Å². The van der Waals surface area contributed by atoms with E-state index in [2.05, 4.69) is 27.1 Å². The number of hydrogen-bond donors (Lipinski definition) is 1. The van der Waals surface area contributed by atoms with E-state index in [1.807, 2.05) is 23.6 Å². The van der Waals surface area contributed by atoms with Crippen LogP contribution in [0.15, 0.2) is 35.8 Å². The number of Topliss-reactive ketones (excluding diaryl/α,β-unsaturated/α-hetero) is 1. The Balaban J connectivity index is 1.47. The predicted molar refractivity (Wildman–Crippen MR) is 100 cm³/mol. The summed E-state index contributed by atoms with van der Waals surface area (Å²) < 4.78 is 0. The molecule has 6 nitrogen and oxygen atoms in total. The molecule has 0 radical (unpaired) electrons. The van der Waals surface area contributed by atoms with Gasteiger partial charge in [0.25, 0.3) is 0 Å². The molecule has 0 aromatic carbocycles. The molecule has 7 heteroatoms.